The Kier molecular flexibility index (Phi) is 8.25. The molecule has 2 aliphatic rings. The van der Waals surface area contributed by atoms with Crippen molar-refractivity contribution < 1.29 is 29.3 Å². The van der Waals surface area contributed by atoms with Crippen molar-refractivity contribution in [3.63, 3.8) is 0 Å². The van der Waals surface area contributed by atoms with Crippen LogP contribution in [0.2, 0.25) is 0 Å². The number of carboxylic acids is 2. The summed E-state index contributed by atoms with van der Waals surface area (Å²) < 4.78 is 5.32. The average Bonchev–Trinajstić information content (AvgIpc) is 2.74. The Balaban J connectivity index is 0.000000409. The molecule has 8 nitrogen and oxygen atoms in total. The van der Waals surface area contributed by atoms with Crippen molar-refractivity contribution in [2.75, 3.05) is 33.3 Å². The highest BCUT2D eigenvalue weighted by atomic mass is 16.5. The maximum Gasteiger partial charge on any atom is 0.414 e. The second-order valence-electron chi connectivity index (χ2n) is 6.93. The van der Waals surface area contributed by atoms with E-state index in [1.54, 1.807) is 7.11 Å². The number of carboxylic acid groups (broad SMARTS) is 2. The lowest BCUT2D eigenvalue weighted by atomic mass is 9.94. The Bertz CT molecular complexity index is 667. The van der Waals surface area contributed by atoms with Gasteiger partial charge in [0.25, 0.3) is 5.91 Å². The molecule has 28 heavy (non-hydrogen) atoms. The van der Waals surface area contributed by atoms with Crippen molar-refractivity contribution in [1.82, 2.24) is 9.80 Å². The number of carbonyl (C=O) groups excluding carboxylic acids is 1. The molecule has 0 atom stereocenters. The first-order valence-electron chi connectivity index (χ1n) is 9.56. The molecule has 1 aromatic carbocycles. The molecular weight excluding hydrogens is 364 g/mol. The third kappa shape index (κ3) is 5.95. The van der Waals surface area contributed by atoms with Gasteiger partial charge in [-0.05, 0) is 25.0 Å². The Morgan fingerprint density at radius 3 is 2.04 bits per heavy atom. The van der Waals surface area contributed by atoms with Gasteiger partial charge in [0.2, 0.25) is 0 Å². The first-order valence-corrected chi connectivity index (χ1v) is 9.56. The number of amides is 1. The summed E-state index contributed by atoms with van der Waals surface area (Å²) in [6.07, 6.45) is 6.79. The second kappa shape index (κ2) is 10.7. The summed E-state index contributed by atoms with van der Waals surface area (Å²) in [4.78, 5) is 35.4. The molecule has 1 saturated heterocycles. The Morgan fingerprint density at radius 2 is 1.50 bits per heavy atom. The number of methoxy groups -OCH3 is 1. The topological polar surface area (TPSA) is 107 Å². The number of hydrogen-bond donors (Lipinski definition) is 2. The van der Waals surface area contributed by atoms with E-state index in [9.17, 15) is 4.79 Å². The van der Waals surface area contributed by atoms with Gasteiger partial charge in [0.1, 0.15) is 5.75 Å². The Hall–Kier alpha value is -2.61. The number of para-hydroxylation sites is 1. The lowest BCUT2D eigenvalue weighted by Crippen LogP contribution is -2.52. The summed E-state index contributed by atoms with van der Waals surface area (Å²) >= 11 is 0. The highest BCUT2D eigenvalue weighted by Crippen LogP contribution is 2.25. The standard InChI is InChI=1S/C18H26N2O2.C2H2O4/c1-22-17-10-6-5-9-16(17)18(21)20-13-11-19(12-14-20)15-7-3-2-4-8-15;3-1(4)2(5)6/h5-6,9-10,15H,2-4,7-8,11-14H2,1H3;(H,3,4)(H,5,6). The van der Waals surface area contributed by atoms with E-state index in [1.807, 2.05) is 29.2 Å². The zero-order valence-corrected chi connectivity index (χ0v) is 16.2. The van der Waals surface area contributed by atoms with Gasteiger partial charge in [0.05, 0.1) is 12.7 Å². The van der Waals surface area contributed by atoms with Crippen LogP contribution in [-0.4, -0.2) is 77.2 Å². The van der Waals surface area contributed by atoms with Crippen LogP contribution in [0.15, 0.2) is 24.3 Å². The molecule has 0 aromatic heterocycles. The Labute approximate surface area is 164 Å². The molecule has 154 valence electrons. The van der Waals surface area contributed by atoms with E-state index in [2.05, 4.69) is 4.90 Å². The summed E-state index contributed by atoms with van der Waals surface area (Å²) in [6.45, 7) is 3.66. The minimum atomic E-state index is -1.82. The van der Waals surface area contributed by atoms with Gasteiger partial charge in [-0.15, -0.1) is 0 Å². The minimum absolute atomic E-state index is 0.0979. The van der Waals surface area contributed by atoms with E-state index < -0.39 is 11.9 Å². The van der Waals surface area contributed by atoms with Crippen molar-refractivity contribution in [2.45, 2.75) is 38.1 Å². The van der Waals surface area contributed by atoms with Crippen molar-refractivity contribution >= 4 is 17.8 Å². The summed E-state index contributed by atoms with van der Waals surface area (Å²) in [6, 6.07) is 8.25. The lowest BCUT2D eigenvalue weighted by molar-refractivity contribution is -0.159. The molecule has 1 amide bonds. The highest BCUT2D eigenvalue weighted by Gasteiger charge is 2.28. The molecule has 3 rings (SSSR count). The number of rotatable bonds is 3. The third-order valence-electron chi connectivity index (χ3n) is 5.21. The van der Waals surface area contributed by atoms with Gasteiger partial charge in [-0.3, -0.25) is 9.69 Å². The maximum atomic E-state index is 12.7. The van der Waals surface area contributed by atoms with Crippen LogP contribution >= 0.6 is 0 Å². The predicted octanol–water partition coefficient (Wildman–Crippen LogP) is 1.94. The van der Waals surface area contributed by atoms with Crippen LogP contribution in [0.4, 0.5) is 0 Å². The van der Waals surface area contributed by atoms with Crippen LogP contribution in [0.25, 0.3) is 0 Å². The first kappa shape index (κ1) is 21.7. The average molecular weight is 392 g/mol. The highest BCUT2D eigenvalue weighted by molar-refractivity contribution is 6.27. The molecule has 8 heteroatoms. The van der Waals surface area contributed by atoms with Crippen LogP contribution in [0, 0.1) is 0 Å². The number of carbonyl (C=O) groups is 3. The van der Waals surface area contributed by atoms with Crippen molar-refractivity contribution in [1.29, 1.82) is 0 Å². The molecule has 2 fully saturated rings. The monoisotopic (exact) mass is 392 g/mol. The number of hydrogen-bond acceptors (Lipinski definition) is 5. The fourth-order valence-corrected chi connectivity index (χ4v) is 3.73. The fourth-order valence-electron chi connectivity index (χ4n) is 3.73. The molecule has 0 unspecified atom stereocenters. The molecule has 0 spiro atoms. The summed E-state index contributed by atoms with van der Waals surface area (Å²) in [5.74, 6) is -2.88. The first-order chi connectivity index (χ1) is 13.4. The van der Waals surface area contributed by atoms with Gasteiger partial charge in [-0.25, -0.2) is 9.59 Å². The second-order valence-corrected chi connectivity index (χ2v) is 6.93. The molecule has 1 heterocycles. The van der Waals surface area contributed by atoms with Crippen LogP contribution in [-0.2, 0) is 9.59 Å². The summed E-state index contributed by atoms with van der Waals surface area (Å²) in [5, 5.41) is 14.8. The van der Waals surface area contributed by atoms with E-state index in [0.29, 0.717) is 11.3 Å². The molecule has 1 saturated carbocycles. The quantitative estimate of drug-likeness (QED) is 0.757. The van der Waals surface area contributed by atoms with E-state index >= 15 is 0 Å². The number of benzene rings is 1. The van der Waals surface area contributed by atoms with Gasteiger partial charge in [0.15, 0.2) is 0 Å². The molecule has 1 aliphatic heterocycles. The Morgan fingerprint density at radius 1 is 0.929 bits per heavy atom. The molecule has 0 bridgehead atoms. The minimum Gasteiger partial charge on any atom is -0.496 e. The van der Waals surface area contributed by atoms with Gasteiger partial charge >= 0.3 is 11.9 Å². The van der Waals surface area contributed by atoms with Gasteiger partial charge in [-0.1, -0.05) is 31.4 Å². The van der Waals surface area contributed by atoms with E-state index in [-0.39, 0.29) is 5.91 Å². The summed E-state index contributed by atoms with van der Waals surface area (Å²) in [7, 11) is 1.62. The number of ether oxygens (including phenoxy) is 1. The molecular formula is C20H28N2O6. The van der Waals surface area contributed by atoms with E-state index in [0.717, 1.165) is 32.2 Å². The lowest BCUT2D eigenvalue weighted by Gasteiger charge is -2.40. The van der Waals surface area contributed by atoms with E-state index in [1.165, 1.54) is 32.1 Å². The van der Waals surface area contributed by atoms with Gasteiger partial charge in [-0.2, -0.15) is 0 Å². The largest absolute Gasteiger partial charge is 0.496 e. The third-order valence-corrected chi connectivity index (χ3v) is 5.21. The van der Waals surface area contributed by atoms with Gasteiger partial charge < -0.3 is 19.8 Å². The van der Waals surface area contributed by atoms with Crippen molar-refractivity contribution in [3.8, 4) is 5.75 Å². The molecule has 1 aromatic rings. The van der Waals surface area contributed by atoms with Crippen LogP contribution in [0.1, 0.15) is 42.5 Å². The zero-order chi connectivity index (χ0) is 20.5. The van der Waals surface area contributed by atoms with Crippen LogP contribution in [0.5, 0.6) is 5.75 Å². The predicted molar refractivity (Wildman–Crippen MR) is 103 cm³/mol. The normalized spacial score (nSPS) is 18.0. The smallest absolute Gasteiger partial charge is 0.414 e. The molecule has 0 radical (unpaired) electrons. The maximum absolute atomic E-state index is 12.7. The van der Waals surface area contributed by atoms with E-state index in [4.69, 9.17) is 24.5 Å². The zero-order valence-electron chi connectivity index (χ0n) is 16.2. The molecule has 2 N–H and O–H groups in total. The number of piperazine rings is 1. The van der Waals surface area contributed by atoms with Crippen LogP contribution in [0.3, 0.4) is 0 Å². The SMILES string of the molecule is COc1ccccc1C(=O)N1CCN(C2CCCCC2)CC1.O=C(O)C(=O)O. The molecule has 1 aliphatic carbocycles. The van der Waals surface area contributed by atoms with Crippen LogP contribution < -0.4 is 4.74 Å². The number of nitrogens with zero attached hydrogens (tertiary/aromatic N) is 2. The van der Waals surface area contributed by atoms with Crippen molar-refractivity contribution in [3.05, 3.63) is 29.8 Å². The number of aliphatic carboxylic acids is 2. The van der Waals surface area contributed by atoms with Crippen molar-refractivity contribution in [2.24, 2.45) is 0 Å². The van der Waals surface area contributed by atoms with Gasteiger partial charge in [0, 0.05) is 32.2 Å². The fraction of sp³-hybridized carbons (Fsp3) is 0.550. The summed E-state index contributed by atoms with van der Waals surface area (Å²) in [5.41, 5.74) is 0.677.